The molecule has 6 heteroatoms. The van der Waals surface area contributed by atoms with E-state index in [1.54, 1.807) is 24.4 Å². The van der Waals surface area contributed by atoms with Crippen molar-refractivity contribution in [2.75, 3.05) is 24.5 Å². The number of anilines is 1. The summed E-state index contributed by atoms with van der Waals surface area (Å²) in [5.74, 6) is 0.922. The lowest BCUT2D eigenvalue weighted by Gasteiger charge is -2.31. The first-order chi connectivity index (χ1) is 12.1. The van der Waals surface area contributed by atoms with Gasteiger partial charge in [0.1, 0.15) is 17.3 Å². The Bertz CT molecular complexity index is 720. The van der Waals surface area contributed by atoms with Crippen LogP contribution in [0, 0.1) is 11.7 Å². The number of benzene rings is 1. The van der Waals surface area contributed by atoms with Crippen LogP contribution in [0.15, 0.2) is 36.7 Å². The van der Waals surface area contributed by atoms with E-state index < -0.39 is 0 Å². The summed E-state index contributed by atoms with van der Waals surface area (Å²) in [5, 5.41) is 2.76. The molecule has 1 atom stereocenters. The van der Waals surface area contributed by atoms with Crippen molar-refractivity contribution < 1.29 is 9.18 Å². The molecule has 5 nitrogen and oxygen atoms in total. The van der Waals surface area contributed by atoms with E-state index in [4.69, 9.17) is 0 Å². The minimum atomic E-state index is -0.289. The smallest absolute Gasteiger partial charge is 0.271 e. The molecule has 1 aliphatic heterocycles. The van der Waals surface area contributed by atoms with Crippen LogP contribution < -0.4 is 10.2 Å². The zero-order valence-corrected chi connectivity index (χ0v) is 14.4. The molecular formula is C19H23FN4O. The average Bonchev–Trinajstić information content (AvgIpc) is 2.63. The Morgan fingerprint density at radius 2 is 2.16 bits per heavy atom. The maximum absolute atomic E-state index is 13.5. The van der Waals surface area contributed by atoms with E-state index in [2.05, 4.69) is 27.1 Å². The van der Waals surface area contributed by atoms with Crippen LogP contribution in [-0.2, 0) is 6.42 Å². The Hall–Kier alpha value is -2.50. The van der Waals surface area contributed by atoms with Crippen LogP contribution in [0.2, 0.25) is 0 Å². The number of carbonyl (C=O) groups excluding carboxylic acids is 1. The van der Waals surface area contributed by atoms with Gasteiger partial charge < -0.3 is 10.2 Å². The van der Waals surface area contributed by atoms with Crippen LogP contribution in [0.5, 0.6) is 0 Å². The summed E-state index contributed by atoms with van der Waals surface area (Å²) < 4.78 is 13.5. The summed E-state index contributed by atoms with van der Waals surface area (Å²) in [6.45, 7) is 4.54. The fourth-order valence-electron chi connectivity index (χ4n) is 3.10. The van der Waals surface area contributed by atoms with Crippen molar-refractivity contribution in [3.8, 4) is 0 Å². The Morgan fingerprint density at radius 3 is 2.88 bits per heavy atom. The van der Waals surface area contributed by atoms with E-state index in [1.165, 1.54) is 18.7 Å². The summed E-state index contributed by atoms with van der Waals surface area (Å²) in [7, 11) is 0. The monoisotopic (exact) mass is 342 g/mol. The van der Waals surface area contributed by atoms with Crippen LogP contribution in [-0.4, -0.2) is 35.5 Å². The Kier molecular flexibility index (Phi) is 5.58. The number of piperidine rings is 1. The highest BCUT2D eigenvalue weighted by molar-refractivity contribution is 5.92. The minimum Gasteiger partial charge on any atom is -0.355 e. The highest BCUT2D eigenvalue weighted by Crippen LogP contribution is 2.20. The maximum atomic E-state index is 13.5. The summed E-state index contributed by atoms with van der Waals surface area (Å²) in [6.07, 6.45) is 6.00. The van der Waals surface area contributed by atoms with Gasteiger partial charge in [-0.25, -0.2) is 14.4 Å². The average molecular weight is 342 g/mol. The van der Waals surface area contributed by atoms with Gasteiger partial charge in [-0.1, -0.05) is 25.1 Å². The lowest BCUT2D eigenvalue weighted by atomic mass is 10.0. The molecule has 3 rings (SSSR count). The van der Waals surface area contributed by atoms with Crippen molar-refractivity contribution in [3.05, 3.63) is 53.7 Å². The third-order valence-corrected chi connectivity index (χ3v) is 4.49. The van der Waals surface area contributed by atoms with Gasteiger partial charge in [-0.15, -0.1) is 0 Å². The third-order valence-electron chi connectivity index (χ3n) is 4.49. The standard InChI is InChI=1S/C19H23FN4O/c1-14-5-4-10-24(13-14)18-12-22-17(11-23-18)19(25)21-9-8-15-6-2-3-7-16(15)20/h2-3,6-7,11-12,14H,4-5,8-10,13H2,1H3,(H,21,25). The van der Waals surface area contributed by atoms with Crippen LogP contribution in [0.3, 0.4) is 0 Å². The highest BCUT2D eigenvalue weighted by Gasteiger charge is 2.18. The predicted octanol–water partition coefficient (Wildman–Crippen LogP) is 2.82. The molecule has 25 heavy (non-hydrogen) atoms. The molecule has 1 saturated heterocycles. The first-order valence-corrected chi connectivity index (χ1v) is 8.72. The van der Waals surface area contributed by atoms with Crippen molar-refractivity contribution in [2.24, 2.45) is 5.92 Å². The molecule has 0 saturated carbocycles. The molecule has 1 fully saturated rings. The fourth-order valence-corrected chi connectivity index (χ4v) is 3.10. The zero-order chi connectivity index (χ0) is 17.6. The van der Waals surface area contributed by atoms with E-state index in [0.717, 1.165) is 25.3 Å². The first kappa shape index (κ1) is 17.3. The van der Waals surface area contributed by atoms with Crippen LogP contribution in [0.1, 0.15) is 35.8 Å². The van der Waals surface area contributed by atoms with Crippen LogP contribution in [0.25, 0.3) is 0 Å². The lowest BCUT2D eigenvalue weighted by molar-refractivity contribution is 0.0948. The SMILES string of the molecule is CC1CCCN(c2cnc(C(=O)NCCc3ccccc3F)cn2)C1. The number of rotatable bonds is 5. The number of hydrogen-bond acceptors (Lipinski definition) is 4. The second kappa shape index (κ2) is 8.05. The van der Waals surface area contributed by atoms with E-state index in [1.807, 2.05) is 0 Å². The van der Waals surface area contributed by atoms with Gasteiger partial charge in [-0.3, -0.25) is 4.79 Å². The number of halogens is 1. The molecule has 1 aromatic heterocycles. The minimum absolute atomic E-state index is 0.253. The molecule has 1 aromatic carbocycles. The molecule has 0 aliphatic carbocycles. The maximum Gasteiger partial charge on any atom is 0.271 e. The number of nitrogens with one attached hydrogen (secondary N) is 1. The van der Waals surface area contributed by atoms with Crippen molar-refractivity contribution in [1.29, 1.82) is 0 Å². The molecule has 132 valence electrons. The summed E-state index contributed by atoms with van der Waals surface area (Å²) in [5.41, 5.74) is 0.866. The molecule has 1 N–H and O–H groups in total. The largest absolute Gasteiger partial charge is 0.355 e. The van der Waals surface area contributed by atoms with Crippen molar-refractivity contribution in [3.63, 3.8) is 0 Å². The molecule has 1 unspecified atom stereocenters. The number of hydrogen-bond donors (Lipinski definition) is 1. The van der Waals surface area contributed by atoms with Crippen molar-refractivity contribution in [1.82, 2.24) is 15.3 Å². The van der Waals surface area contributed by atoms with E-state index in [-0.39, 0.29) is 17.4 Å². The van der Waals surface area contributed by atoms with Gasteiger partial charge in [-0.2, -0.15) is 0 Å². The van der Waals surface area contributed by atoms with Gasteiger partial charge >= 0.3 is 0 Å². The quantitative estimate of drug-likeness (QED) is 0.908. The number of aromatic nitrogens is 2. The molecule has 1 amide bonds. The molecule has 0 bridgehead atoms. The number of nitrogens with zero attached hydrogens (tertiary/aromatic N) is 3. The topological polar surface area (TPSA) is 58.1 Å². The molecule has 0 radical (unpaired) electrons. The molecular weight excluding hydrogens is 319 g/mol. The second-order valence-electron chi connectivity index (χ2n) is 6.55. The van der Waals surface area contributed by atoms with Gasteiger partial charge in [0.25, 0.3) is 5.91 Å². The van der Waals surface area contributed by atoms with Gasteiger partial charge in [0.2, 0.25) is 0 Å². The normalized spacial score (nSPS) is 17.4. The number of carbonyl (C=O) groups is 1. The lowest BCUT2D eigenvalue weighted by Crippen LogP contribution is -2.35. The van der Waals surface area contributed by atoms with Gasteiger partial charge in [0, 0.05) is 19.6 Å². The molecule has 0 spiro atoms. The highest BCUT2D eigenvalue weighted by atomic mass is 19.1. The van der Waals surface area contributed by atoms with Gasteiger partial charge in [0.15, 0.2) is 0 Å². The van der Waals surface area contributed by atoms with Crippen LogP contribution >= 0.6 is 0 Å². The molecule has 2 heterocycles. The Morgan fingerprint density at radius 1 is 1.32 bits per heavy atom. The molecule has 2 aromatic rings. The van der Waals surface area contributed by atoms with Gasteiger partial charge in [-0.05, 0) is 36.8 Å². The van der Waals surface area contributed by atoms with Crippen molar-refractivity contribution >= 4 is 11.7 Å². The van der Waals surface area contributed by atoms with E-state index in [0.29, 0.717) is 24.4 Å². The predicted molar refractivity (Wildman–Crippen MR) is 95.1 cm³/mol. The molecule has 1 aliphatic rings. The van der Waals surface area contributed by atoms with Crippen LogP contribution in [0.4, 0.5) is 10.2 Å². The first-order valence-electron chi connectivity index (χ1n) is 8.72. The summed E-state index contributed by atoms with van der Waals surface area (Å²) >= 11 is 0. The zero-order valence-electron chi connectivity index (χ0n) is 14.4. The Balaban J connectivity index is 1.53. The van der Waals surface area contributed by atoms with E-state index in [9.17, 15) is 9.18 Å². The van der Waals surface area contributed by atoms with E-state index >= 15 is 0 Å². The summed E-state index contributed by atoms with van der Waals surface area (Å²) in [4.78, 5) is 23.0. The fraction of sp³-hybridized carbons (Fsp3) is 0.421. The van der Waals surface area contributed by atoms with Gasteiger partial charge in [0.05, 0.1) is 12.4 Å². The Labute approximate surface area is 147 Å². The summed E-state index contributed by atoms with van der Waals surface area (Å²) in [6, 6.07) is 6.57. The number of amides is 1. The van der Waals surface area contributed by atoms with Crippen molar-refractivity contribution in [2.45, 2.75) is 26.2 Å². The second-order valence-corrected chi connectivity index (χ2v) is 6.55. The third kappa shape index (κ3) is 4.53.